The summed E-state index contributed by atoms with van der Waals surface area (Å²) in [6, 6.07) is 6.41. The Labute approximate surface area is 85.8 Å². The SMILES string of the molecule is CC(O)c1ccc2c(c1)C(C)CC2C. The van der Waals surface area contributed by atoms with Gasteiger partial charge >= 0.3 is 0 Å². The van der Waals surface area contributed by atoms with Gasteiger partial charge < -0.3 is 5.11 Å². The number of benzene rings is 1. The van der Waals surface area contributed by atoms with Gasteiger partial charge in [-0.25, -0.2) is 0 Å². The molecule has 0 bridgehead atoms. The van der Waals surface area contributed by atoms with Crippen LogP contribution in [0.2, 0.25) is 0 Å². The van der Waals surface area contributed by atoms with E-state index in [4.69, 9.17) is 0 Å². The van der Waals surface area contributed by atoms with Gasteiger partial charge in [0, 0.05) is 0 Å². The molecule has 0 amide bonds. The third kappa shape index (κ3) is 1.46. The van der Waals surface area contributed by atoms with Crippen molar-refractivity contribution in [1.82, 2.24) is 0 Å². The molecule has 1 heteroatoms. The maximum absolute atomic E-state index is 9.51. The molecule has 1 N–H and O–H groups in total. The summed E-state index contributed by atoms with van der Waals surface area (Å²) in [6.45, 7) is 6.38. The second-order valence-electron chi connectivity index (χ2n) is 4.60. The summed E-state index contributed by atoms with van der Waals surface area (Å²) in [6.07, 6.45) is 0.905. The van der Waals surface area contributed by atoms with Crippen LogP contribution in [0.25, 0.3) is 0 Å². The quantitative estimate of drug-likeness (QED) is 0.720. The van der Waals surface area contributed by atoms with Crippen LogP contribution < -0.4 is 0 Å². The zero-order chi connectivity index (χ0) is 10.3. The van der Waals surface area contributed by atoms with Crippen LogP contribution in [0.3, 0.4) is 0 Å². The van der Waals surface area contributed by atoms with Gasteiger partial charge in [-0.2, -0.15) is 0 Å². The van der Waals surface area contributed by atoms with E-state index in [1.54, 1.807) is 0 Å². The highest BCUT2D eigenvalue weighted by Gasteiger charge is 2.25. The molecule has 0 saturated heterocycles. The predicted molar refractivity (Wildman–Crippen MR) is 58.5 cm³/mol. The van der Waals surface area contributed by atoms with Crippen LogP contribution in [0.4, 0.5) is 0 Å². The fourth-order valence-electron chi connectivity index (χ4n) is 2.51. The molecule has 14 heavy (non-hydrogen) atoms. The Kier molecular flexibility index (Phi) is 2.36. The maximum atomic E-state index is 9.51. The Bertz CT molecular complexity index is 341. The van der Waals surface area contributed by atoms with E-state index < -0.39 is 0 Å². The van der Waals surface area contributed by atoms with E-state index in [9.17, 15) is 5.11 Å². The van der Waals surface area contributed by atoms with Crippen molar-refractivity contribution in [3.63, 3.8) is 0 Å². The topological polar surface area (TPSA) is 20.2 Å². The molecule has 0 heterocycles. The Morgan fingerprint density at radius 2 is 1.86 bits per heavy atom. The average Bonchev–Trinajstić information content (AvgIpc) is 2.42. The molecule has 2 rings (SSSR count). The van der Waals surface area contributed by atoms with E-state index >= 15 is 0 Å². The van der Waals surface area contributed by atoms with Gasteiger partial charge in [0.1, 0.15) is 0 Å². The number of fused-ring (bicyclic) bond motifs is 1. The third-order valence-corrected chi connectivity index (χ3v) is 3.36. The molecule has 1 nitrogen and oxygen atoms in total. The molecule has 3 unspecified atom stereocenters. The van der Waals surface area contributed by atoms with Crippen molar-refractivity contribution >= 4 is 0 Å². The van der Waals surface area contributed by atoms with E-state index in [0.29, 0.717) is 11.8 Å². The minimum atomic E-state index is -0.344. The van der Waals surface area contributed by atoms with Crippen LogP contribution in [0.15, 0.2) is 18.2 Å². The Morgan fingerprint density at radius 1 is 1.21 bits per heavy atom. The van der Waals surface area contributed by atoms with Crippen LogP contribution in [-0.4, -0.2) is 5.11 Å². The van der Waals surface area contributed by atoms with Crippen LogP contribution in [-0.2, 0) is 0 Å². The number of hydrogen-bond acceptors (Lipinski definition) is 1. The van der Waals surface area contributed by atoms with Gasteiger partial charge in [-0.15, -0.1) is 0 Å². The van der Waals surface area contributed by atoms with E-state index in [1.165, 1.54) is 17.5 Å². The third-order valence-electron chi connectivity index (χ3n) is 3.36. The Balaban J connectivity index is 2.45. The minimum absolute atomic E-state index is 0.344. The van der Waals surface area contributed by atoms with E-state index in [1.807, 2.05) is 6.92 Å². The highest BCUT2D eigenvalue weighted by atomic mass is 16.3. The highest BCUT2D eigenvalue weighted by molar-refractivity contribution is 5.41. The summed E-state index contributed by atoms with van der Waals surface area (Å²) in [7, 11) is 0. The molecule has 0 aliphatic heterocycles. The van der Waals surface area contributed by atoms with Crippen LogP contribution in [0, 0.1) is 0 Å². The Hall–Kier alpha value is -0.820. The Morgan fingerprint density at radius 3 is 2.50 bits per heavy atom. The summed E-state index contributed by atoms with van der Waals surface area (Å²) in [5.74, 6) is 1.33. The summed E-state index contributed by atoms with van der Waals surface area (Å²) < 4.78 is 0. The van der Waals surface area contributed by atoms with Gasteiger partial charge in [-0.05, 0) is 41.9 Å². The van der Waals surface area contributed by atoms with E-state index in [2.05, 4.69) is 32.0 Å². The zero-order valence-corrected chi connectivity index (χ0v) is 9.12. The normalized spacial score (nSPS) is 27.4. The lowest BCUT2D eigenvalue weighted by Crippen LogP contribution is -1.94. The van der Waals surface area contributed by atoms with Crippen molar-refractivity contribution in [3.05, 3.63) is 34.9 Å². The van der Waals surface area contributed by atoms with Crippen molar-refractivity contribution in [2.45, 2.75) is 45.1 Å². The van der Waals surface area contributed by atoms with Crippen LogP contribution >= 0.6 is 0 Å². The first-order chi connectivity index (χ1) is 6.59. The fraction of sp³-hybridized carbons (Fsp3) is 0.538. The zero-order valence-electron chi connectivity index (χ0n) is 9.12. The van der Waals surface area contributed by atoms with Crippen molar-refractivity contribution < 1.29 is 5.11 Å². The maximum Gasteiger partial charge on any atom is 0.0762 e. The van der Waals surface area contributed by atoms with Crippen molar-refractivity contribution in [1.29, 1.82) is 0 Å². The van der Waals surface area contributed by atoms with Gasteiger partial charge in [0.05, 0.1) is 6.10 Å². The molecule has 0 fully saturated rings. The molecule has 0 spiro atoms. The number of rotatable bonds is 1. The molecule has 0 radical (unpaired) electrons. The second-order valence-corrected chi connectivity index (χ2v) is 4.60. The van der Waals surface area contributed by atoms with Crippen molar-refractivity contribution in [3.8, 4) is 0 Å². The first kappa shape index (κ1) is 9.72. The molecular weight excluding hydrogens is 172 g/mol. The first-order valence-corrected chi connectivity index (χ1v) is 5.41. The fourth-order valence-corrected chi connectivity index (χ4v) is 2.51. The summed E-state index contributed by atoms with van der Waals surface area (Å²) >= 11 is 0. The monoisotopic (exact) mass is 190 g/mol. The number of hydrogen-bond donors (Lipinski definition) is 1. The molecule has 0 saturated carbocycles. The van der Waals surface area contributed by atoms with Crippen molar-refractivity contribution in [2.24, 2.45) is 0 Å². The molecule has 1 aliphatic carbocycles. The van der Waals surface area contributed by atoms with E-state index in [-0.39, 0.29) is 6.10 Å². The van der Waals surface area contributed by atoms with Gasteiger partial charge in [0.25, 0.3) is 0 Å². The largest absolute Gasteiger partial charge is 0.389 e. The molecular formula is C13H18O. The minimum Gasteiger partial charge on any atom is -0.389 e. The summed E-state index contributed by atoms with van der Waals surface area (Å²) in [5, 5.41) is 9.51. The lowest BCUT2D eigenvalue weighted by molar-refractivity contribution is 0.199. The van der Waals surface area contributed by atoms with Crippen LogP contribution in [0.1, 0.15) is 61.8 Å². The summed E-state index contributed by atoms with van der Waals surface area (Å²) in [5.41, 5.74) is 3.96. The second kappa shape index (κ2) is 3.39. The first-order valence-electron chi connectivity index (χ1n) is 5.41. The van der Waals surface area contributed by atoms with Crippen molar-refractivity contribution in [2.75, 3.05) is 0 Å². The highest BCUT2D eigenvalue weighted by Crippen LogP contribution is 2.41. The smallest absolute Gasteiger partial charge is 0.0762 e. The lowest BCUT2D eigenvalue weighted by atomic mass is 9.98. The molecule has 76 valence electrons. The predicted octanol–water partition coefficient (Wildman–Crippen LogP) is 3.35. The molecule has 1 aliphatic rings. The van der Waals surface area contributed by atoms with E-state index in [0.717, 1.165) is 5.56 Å². The van der Waals surface area contributed by atoms with Gasteiger partial charge in [-0.3, -0.25) is 0 Å². The van der Waals surface area contributed by atoms with Gasteiger partial charge in [0.15, 0.2) is 0 Å². The average molecular weight is 190 g/mol. The molecule has 3 atom stereocenters. The van der Waals surface area contributed by atoms with Crippen LogP contribution in [0.5, 0.6) is 0 Å². The van der Waals surface area contributed by atoms with Gasteiger partial charge in [-0.1, -0.05) is 32.0 Å². The standard InChI is InChI=1S/C13H18O/c1-8-6-9(2)13-7-11(10(3)14)4-5-12(8)13/h4-5,7-10,14H,6H2,1-3H3. The summed E-state index contributed by atoms with van der Waals surface area (Å²) in [4.78, 5) is 0. The lowest BCUT2D eigenvalue weighted by Gasteiger charge is -2.10. The van der Waals surface area contributed by atoms with Gasteiger partial charge in [0.2, 0.25) is 0 Å². The number of aliphatic hydroxyl groups excluding tert-OH is 1. The molecule has 0 aromatic heterocycles. The number of aliphatic hydroxyl groups is 1. The molecule has 1 aromatic rings. The molecule has 1 aromatic carbocycles.